The molecule has 3 rings (SSSR count). The van der Waals surface area contributed by atoms with Crippen molar-refractivity contribution < 1.29 is 9.53 Å². The molecule has 1 aliphatic carbocycles. The number of thiazole rings is 1. The SMILES string of the molecule is COCCN(C(=O)c1sc(N2CCCC2)nc1N)C1CC1. The van der Waals surface area contributed by atoms with Crippen LogP contribution in [-0.4, -0.2) is 55.2 Å². The summed E-state index contributed by atoms with van der Waals surface area (Å²) < 4.78 is 5.11. The number of anilines is 2. The molecule has 0 unspecified atom stereocenters. The Morgan fingerprint density at radius 2 is 2.19 bits per heavy atom. The van der Waals surface area contributed by atoms with E-state index in [2.05, 4.69) is 9.88 Å². The maximum absolute atomic E-state index is 12.7. The highest BCUT2D eigenvalue weighted by Crippen LogP contribution is 2.34. The van der Waals surface area contributed by atoms with E-state index >= 15 is 0 Å². The molecule has 0 aromatic carbocycles. The molecule has 0 bridgehead atoms. The summed E-state index contributed by atoms with van der Waals surface area (Å²) in [5, 5.41) is 0.885. The van der Waals surface area contributed by atoms with Crippen LogP contribution >= 0.6 is 11.3 Å². The topological polar surface area (TPSA) is 71.7 Å². The van der Waals surface area contributed by atoms with Crippen LogP contribution in [0, 0.1) is 0 Å². The lowest BCUT2D eigenvalue weighted by Gasteiger charge is -2.21. The third-order valence-corrected chi connectivity index (χ3v) is 5.12. The van der Waals surface area contributed by atoms with E-state index in [4.69, 9.17) is 10.5 Å². The smallest absolute Gasteiger partial charge is 0.268 e. The highest BCUT2D eigenvalue weighted by atomic mass is 32.1. The minimum atomic E-state index is 0.00926. The van der Waals surface area contributed by atoms with Gasteiger partial charge in [-0.05, 0) is 25.7 Å². The number of nitrogens with two attached hydrogens (primary N) is 1. The Labute approximate surface area is 128 Å². The predicted octanol–water partition coefficient (Wildman–Crippen LogP) is 1.58. The van der Waals surface area contributed by atoms with Gasteiger partial charge in [-0.15, -0.1) is 0 Å². The standard InChI is InChI=1S/C14H22N4O2S/c1-20-9-8-18(10-4-5-10)13(19)11-12(15)16-14(21-11)17-6-2-3-7-17/h10H,2-9,15H2,1H3. The third kappa shape index (κ3) is 3.13. The first-order chi connectivity index (χ1) is 10.2. The summed E-state index contributed by atoms with van der Waals surface area (Å²) in [5.41, 5.74) is 5.99. The Hall–Kier alpha value is -1.34. The van der Waals surface area contributed by atoms with Crippen molar-refractivity contribution in [1.29, 1.82) is 0 Å². The first-order valence-corrected chi connectivity index (χ1v) is 8.33. The van der Waals surface area contributed by atoms with Crippen molar-refractivity contribution in [3.05, 3.63) is 4.88 Å². The Morgan fingerprint density at radius 3 is 2.81 bits per heavy atom. The molecule has 1 saturated heterocycles. The van der Waals surface area contributed by atoms with E-state index in [-0.39, 0.29) is 5.91 Å². The normalized spacial score (nSPS) is 18.2. The molecular formula is C14H22N4O2S. The number of rotatable bonds is 6. The van der Waals surface area contributed by atoms with Gasteiger partial charge in [0.1, 0.15) is 10.7 Å². The Kier molecular flexibility index (Phi) is 4.30. The number of ether oxygens (including phenoxy) is 1. The summed E-state index contributed by atoms with van der Waals surface area (Å²) in [6, 6.07) is 0.351. The zero-order valence-electron chi connectivity index (χ0n) is 12.4. The van der Waals surface area contributed by atoms with Gasteiger partial charge in [0.05, 0.1) is 6.61 Å². The third-order valence-electron chi connectivity index (χ3n) is 4.00. The van der Waals surface area contributed by atoms with Gasteiger partial charge < -0.3 is 20.3 Å². The largest absolute Gasteiger partial charge is 0.383 e. The number of carbonyl (C=O) groups is 1. The fourth-order valence-electron chi connectivity index (χ4n) is 2.67. The van der Waals surface area contributed by atoms with E-state index in [9.17, 15) is 4.79 Å². The summed E-state index contributed by atoms with van der Waals surface area (Å²) in [6.07, 6.45) is 4.52. The molecule has 2 heterocycles. The second kappa shape index (κ2) is 6.19. The van der Waals surface area contributed by atoms with Crippen molar-refractivity contribution >= 4 is 28.2 Å². The molecule has 1 saturated carbocycles. The van der Waals surface area contributed by atoms with E-state index in [0.717, 1.165) is 31.1 Å². The molecule has 2 aliphatic rings. The van der Waals surface area contributed by atoms with Crippen LogP contribution in [0.25, 0.3) is 0 Å². The number of carbonyl (C=O) groups excluding carboxylic acids is 1. The van der Waals surface area contributed by atoms with Crippen LogP contribution in [-0.2, 0) is 4.74 Å². The van der Waals surface area contributed by atoms with E-state index in [1.165, 1.54) is 24.2 Å². The van der Waals surface area contributed by atoms with Crippen molar-refractivity contribution in [2.45, 2.75) is 31.7 Å². The summed E-state index contributed by atoms with van der Waals surface area (Å²) in [5.74, 6) is 0.380. The van der Waals surface area contributed by atoms with Gasteiger partial charge in [0.2, 0.25) is 0 Å². The minimum absolute atomic E-state index is 0.00926. The van der Waals surface area contributed by atoms with Crippen LogP contribution < -0.4 is 10.6 Å². The van der Waals surface area contributed by atoms with Crippen molar-refractivity contribution in [3.8, 4) is 0 Å². The lowest BCUT2D eigenvalue weighted by Crippen LogP contribution is -2.35. The molecule has 0 atom stereocenters. The number of amides is 1. The van der Waals surface area contributed by atoms with Crippen molar-refractivity contribution in [1.82, 2.24) is 9.88 Å². The molecule has 1 aliphatic heterocycles. The van der Waals surface area contributed by atoms with Gasteiger partial charge in [0, 0.05) is 32.8 Å². The van der Waals surface area contributed by atoms with Gasteiger partial charge >= 0.3 is 0 Å². The lowest BCUT2D eigenvalue weighted by atomic mass is 10.3. The van der Waals surface area contributed by atoms with Crippen molar-refractivity contribution in [3.63, 3.8) is 0 Å². The van der Waals surface area contributed by atoms with Crippen LogP contribution in [0.3, 0.4) is 0 Å². The molecule has 6 nitrogen and oxygen atoms in total. The summed E-state index contributed by atoms with van der Waals surface area (Å²) >= 11 is 1.43. The fraction of sp³-hybridized carbons (Fsp3) is 0.714. The van der Waals surface area contributed by atoms with Crippen LogP contribution in [0.1, 0.15) is 35.4 Å². The van der Waals surface area contributed by atoms with E-state index in [1.807, 2.05) is 4.90 Å². The van der Waals surface area contributed by atoms with E-state index < -0.39 is 0 Å². The number of methoxy groups -OCH3 is 1. The van der Waals surface area contributed by atoms with Gasteiger partial charge in [-0.3, -0.25) is 4.79 Å². The van der Waals surface area contributed by atoms with Crippen LogP contribution in [0.2, 0.25) is 0 Å². The molecule has 2 N–H and O–H groups in total. The number of hydrogen-bond acceptors (Lipinski definition) is 6. The molecule has 1 amide bonds. The average molecular weight is 310 g/mol. The zero-order chi connectivity index (χ0) is 14.8. The second-order valence-electron chi connectivity index (χ2n) is 5.63. The summed E-state index contributed by atoms with van der Waals surface area (Å²) in [4.78, 5) is 21.8. The predicted molar refractivity (Wildman–Crippen MR) is 83.9 cm³/mol. The van der Waals surface area contributed by atoms with E-state index in [1.54, 1.807) is 7.11 Å². The highest BCUT2D eigenvalue weighted by molar-refractivity contribution is 7.18. The van der Waals surface area contributed by atoms with Crippen molar-refractivity contribution in [2.24, 2.45) is 0 Å². The van der Waals surface area contributed by atoms with Crippen molar-refractivity contribution in [2.75, 3.05) is 44.0 Å². The molecule has 2 fully saturated rings. The molecule has 0 spiro atoms. The first kappa shape index (κ1) is 14.6. The van der Waals surface area contributed by atoms with E-state index in [0.29, 0.717) is 29.9 Å². The molecule has 7 heteroatoms. The van der Waals surface area contributed by atoms with Gasteiger partial charge in [0.15, 0.2) is 5.13 Å². The maximum Gasteiger partial charge on any atom is 0.268 e. The zero-order valence-corrected chi connectivity index (χ0v) is 13.2. The monoisotopic (exact) mass is 310 g/mol. The van der Waals surface area contributed by atoms with Gasteiger partial charge in [-0.2, -0.15) is 0 Å². The lowest BCUT2D eigenvalue weighted by molar-refractivity contribution is 0.0685. The van der Waals surface area contributed by atoms with Crippen LogP contribution in [0.4, 0.5) is 10.9 Å². The molecule has 1 aromatic rings. The second-order valence-corrected chi connectivity index (χ2v) is 6.60. The number of nitrogen functional groups attached to an aromatic ring is 1. The number of aromatic nitrogens is 1. The Bertz CT molecular complexity index is 509. The maximum atomic E-state index is 12.7. The van der Waals surface area contributed by atoms with Crippen LogP contribution in [0.5, 0.6) is 0 Å². The Balaban J connectivity index is 1.76. The molecule has 0 radical (unpaired) electrons. The average Bonchev–Trinajstić information content (AvgIpc) is 3.02. The summed E-state index contributed by atoms with van der Waals surface area (Å²) in [6.45, 7) is 3.20. The molecule has 116 valence electrons. The number of nitrogens with zero attached hydrogens (tertiary/aromatic N) is 3. The molecule has 1 aromatic heterocycles. The minimum Gasteiger partial charge on any atom is -0.383 e. The van der Waals surface area contributed by atoms with Crippen LogP contribution in [0.15, 0.2) is 0 Å². The Morgan fingerprint density at radius 1 is 1.48 bits per heavy atom. The quantitative estimate of drug-likeness (QED) is 0.863. The molecular weight excluding hydrogens is 288 g/mol. The van der Waals surface area contributed by atoms with Gasteiger partial charge in [-0.25, -0.2) is 4.98 Å². The molecule has 21 heavy (non-hydrogen) atoms. The van der Waals surface area contributed by atoms with Gasteiger partial charge in [0.25, 0.3) is 5.91 Å². The highest BCUT2D eigenvalue weighted by Gasteiger charge is 2.35. The summed E-state index contributed by atoms with van der Waals surface area (Å²) in [7, 11) is 1.65. The fourth-order valence-corrected chi connectivity index (χ4v) is 3.67. The number of hydrogen-bond donors (Lipinski definition) is 1. The first-order valence-electron chi connectivity index (χ1n) is 7.52. The van der Waals surface area contributed by atoms with Gasteiger partial charge in [-0.1, -0.05) is 11.3 Å².